The molecule has 1 fully saturated rings. The maximum atomic E-state index is 11.5. The van der Waals surface area contributed by atoms with Crippen LogP contribution in [0.15, 0.2) is 72.5 Å². The first-order chi connectivity index (χ1) is 13.6. The van der Waals surface area contributed by atoms with Crippen molar-refractivity contribution in [2.24, 2.45) is 5.92 Å². The Morgan fingerprint density at radius 1 is 0.964 bits per heavy atom. The van der Waals surface area contributed by atoms with E-state index in [0.717, 1.165) is 12.2 Å². The second-order valence-electron chi connectivity index (χ2n) is 7.58. The molecule has 2 aliphatic carbocycles. The predicted molar refractivity (Wildman–Crippen MR) is 107 cm³/mol. The van der Waals surface area contributed by atoms with Crippen molar-refractivity contribution in [3.8, 4) is 0 Å². The molecule has 4 heteroatoms. The van der Waals surface area contributed by atoms with Gasteiger partial charge in [-0.05, 0) is 23.6 Å². The second kappa shape index (κ2) is 7.44. The number of carbonyl (C=O) groups excluding carboxylic acids is 1. The molecule has 2 aliphatic rings. The molecule has 0 N–H and O–H groups in total. The Morgan fingerprint density at radius 3 is 2.11 bits per heavy atom. The van der Waals surface area contributed by atoms with Crippen LogP contribution in [0.25, 0.3) is 0 Å². The summed E-state index contributed by atoms with van der Waals surface area (Å²) >= 11 is 0. The Bertz CT molecular complexity index is 861. The van der Waals surface area contributed by atoms with E-state index >= 15 is 0 Å². The second-order valence-corrected chi connectivity index (χ2v) is 7.58. The molecule has 4 nitrogen and oxygen atoms in total. The Balaban J connectivity index is 1.82. The first-order valence-electron chi connectivity index (χ1n) is 9.69. The highest BCUT2D eigenvalue weighted by molar-refractivity contribution is 5.66. The lowest BCUT2D eigenvalue weighted by Crippen LogP contribution is -2.39. The van der Waals surface area contributed by atoms with Crippen molar-refractivity contribution in [1.82, 2.24) is 0 Å². The van der Waals surface area contributed by atoms with E-state index in [0.29, 0.717) is 0 Å². The molecule has 0 saturated heterocycles. The molecule has 0 bridgehead atoms. The number of esters is 1. The normalized spacial score (nSPS) is 31.2. The van der Waals surface area contributed by atoms with Crippen LogP contribution in [0.5, 0.6) is 0 Å². The van der Waals surface area contributed by atoms with Crippen LogP contribution in [0, 0.1) is 5.92 Å². The number of carbonyl (C=O) groups is 1. The van der Waals surface area contributed by atoms with Crippen LogP contribution >= 0.6 is 0 Å². The molecular weight excluding hydrogens is 352 g/mol. The maximum Gasteiger partial charge on any atom is 0.302 e. The summed E-state index contributed by atoms with van der Waals surface area (Å²) in [5, 5.41) is 0. The third-order valence-electron chi connectivity index (χ3n) is 6.03. The zero-order valence-electron chi connectivity index (χ0n) is 16.5. The van der Waals surface area contributed by atoms with Gasteiger partial charge >= 0.3 is 5.97 Å². The van der Waals surface area contributed by atoms with Gasteiger partial charge in [0, 0.05) is 25.9 Å². The number of methoxy groups -OCH3 is 2. The number of ether oxygens (including phenoxy) is 3. The van der Waals surface area contributed by atoms with Crippen molar-refractivity contribution in [3.63, 3.8) is 0 Å². The Kier molecular flexibility index (Phi) is 4.98. The van der Waals surface area contributed by atoms with Gasteiger partial charge in [0.15, 0.2) is 0 Å². The number of hydrogen-bond donors (Lipinski definition) is 0. The minimum Gasteiger partial charge on any atom is -0.501 e. The predicted octanol–water partition coefficient (Wildman–Crippen LogP) is 4.43. The minimum absolute atomic E-state index is 0.0293. The molecule has 2 aromatic carbocycles. The molecule has 146 valence electrons. The highest BCUT2D eigenvalue weighted by Gasteiger charge is 2.63. The van der Waals surface area contributed by atoms with E-state index in [9.17, 15) is 4.79 Å². The van der Waals surface area contributed by atoms with Crippen molar-refractivity contribution in [1.29, 1.82) is 0 Å². The molecule has 28 heavy (non-hydrogen) atoms. The third-order valence-corrected chi connectivity index (χ3v) is 6.03. The molecule has 1 unspecified atom stereocenters. The number of rotatable bonds is 6. The molecule has 4 rings (SSSR count). The topological polar surface area (TPSA) is 44.8 Å². The molecule has 2 aromatic rings. The quantitative estimate of drug-likeness (QED) is 0.698. The van der Waals surface area contributed by atoms with Gasteiger partial charge in [0.1, 0.15) is 17.5 Å². The van der Waals surface area contributed by atoms with Crippen molar-refractivity contribution in [2.75, 3.05) is 14.2 Å². The summed E-state index contributed by atoms with van der Waals surface area (Å²) in [5.74, 6) is 0.818. The van der Waals surface area contributed by atoms with Crippen LogP contribution in [-0.2, 0) is 19.0 Å². The van der Waals surface area contributed by atoms with E-state index in [1.807, 2.05) is 12.1 Å². The van der Waals surface area contributed by atoms with Gasteiger partial charge in [0.2, 0.25) is 0 Å². The van der Waals surface area contributed by atoms with Gasteiger partial charge in [0.05, 0.1) is 13.0 Å². The van der Waals surface area contributed by atoms with E-state index in [1.54, 1.807) is 14.2 Å². The fraction of sp³-hybridized carbons (Fsp3) is 0.375. The molecule has 5 atom stereocenters. The SMILES string of the molecule is COC1=CC(OC)([C@@H]2C[C@@H]2OC(C)=O)[C@@H](c2ccccc2)[C@@H]1c1ccccc1. The van der Waals surface area contributed by atoms with Gasteiger partial charge < -0.3 is 14.2 Å². The molecule has 0 spiro atoms. The Labute approximate surface area is 166 Å². The number of benzene rings is 2. The van der Waals surface area contributed by atoms with Crippen molar-refractivity contribution >= 4 is 5.97 Å². The van der Waals surface area contributed by atoms with E-state index < -0.39 is 5.60 Å². The van der Waals surface area contributed by atoms with Crippen molar-refractivity contribution in [2.45, 2.75) is 36.9 Å². The average molecular weight is 378 g/mol. The first-order valence-corrected chi connectivity index (χ1v) is 9.69. The third kappa shape index (κ3) is 3.12. The van der Waals surface area contributed by atoms with E-state index in [1.165, 1.54) is 18.1 Å². The van der Waals surface area contributed by atoms with Crippen LogP contribution in [0.4, 0.5) is 0 Å². The van der Waals surface area contributed by atoms with Gasteiger partial charge in [-0.15, -0.1) is 0 Å². The summed E-state index contributed by atoms with van der Waals surface area (Å²) < 4.78 is 17.6. The summed E-state index contributed by atoms with van der Waals surface area (Å²) in [5.41, 5.74) is 1.79. The monoisotopic (exact) mass is 378 g/mol. The standard InChI is InChI=1S/C24H26O4/c1-16(25)28-20-14-19(20)24(27-3)15-21(26-2)22(17-10-6-4-7-11-17)23(24)18-12-8-5-9-13-18/h4-13,15,19-20,22-23H,14H2,1-3H3/t19-,20+,22-,23+,24?/m1/s1. The van der Waals surface area contributed by atoms with Gasteiger partial charge in [-0.1, -0.05) is 60.7 Å². The number of hydrogen-bond acceptors (Lipinski definition) is 4. The highest BCUT2D eigenvalue weighted by atomic mass is 16.6. The fourth-order valence-electron chi connectivity index (χ4n) is 4.81. The summed E-state index contributed by atoms with van der Waals surface area (Å²) in [6, 6.07) is 20.8. The lowest BCUT2D eigenvalue weighted by atomic mass is 9.74. The average Bonchev–Trinajstić information content (AvgIpc) is 3.39. The molecular formula is C24H26O4. The maximum absolute atomic E-state index is 11.5. The lowest BCUT2D eigenvalue weighted by Gasteiger charge is -2.37. The lowest BCUT2D eigenvalue weighted by molar-refractivity contribution is -0.143. The molecule has 0 amide bonds. The van der Waals surface area contributed by atoms with Crippen molar-refractivity contribution in [3.05, 3.63) is 83.6 Å². The number of allylic oxidation sites excluding steroid dienone is 1. The summed E-state index contributed by atoms with van der Waals surface area (Å²) in [6.07, 6.45) is 2.80. The van der Waals surface area contributed by atoms with E-state index in [4.69, 9.17) is 14.2 Å². The molecule has 1 saturated carbocycles. The Hall–Kier alpha value is -2.59. The van der Waals surface area contributed by atoms with Crippen molar-refractivity contribution < 1.29 is 19.0 Å². The molecule has 0 aliphatic heterocycles. The summed E-state index contributed by atoms with van der Waals surface area (Å²) in [4.78, 5) is 11.5. The molecule has 0 aromatic heterocycles. The Morgan fingerprint density at radius 2 is 1.57 bits per heavy atom. The van der Waals surface area contributed by atoms with Crippen LogP contribution in [0.1, 0.15) is 36.3 Å². The zero-order valence-corrected chi connectivity index (χ0v) is 16.5. The van der Waals surface area contributed by atoms with Crippen LogP contribution in [-0.4, -0.2) is 31.9 Å². The van der Waals surface area contributed by atoms with Crippen LogP contribution in [0.3, 0.4) is 0 Å². The largest absolute Gasteiger partial charge is 0.501 e. The fourth-order valence-corrected chi connectivity index (χ4v) is 4.81. The smallest absolute Gasteiger partial charge is 0.302 e. The zero-order chi connectivity index (χ0) is 19.7. The van der Waals surface area contributed by atoms with Crippen LogP contribution < -0.4 is 0 Å². The van der Waals surface area contributed by atoms with Gasteiger partial charge in [-0.25, -0.2) is 0 Å². The van der Waals surface area contributed by atoms with Gasteiger partial charge in [0.25, 0.3) is 0 Å². The summed E-state index contributed by atoms with van der Waals surface area (Å²) in [6.45, 7) is 1.46. The van der Waals surface area contributed by atoms with Gasteiger partial charge in [-0.3, -0.25) is 4.79 Å². The first kappa shape index (κ1) is 18.8. The summed E-state index contributed by atoms with van der Waals surface area (Å²) in [7, 11) is 3.46. The molecule has 0 heterocycles. The van der Waals surface area contributed by atoms with E-state index in [-0.39, 0.29) is 29.8 Å². The van der Waals surface area contributed by atoms with Gasteiger partial charge in [-0.2, -0.15) is 0 Å². The minimum atomic E-state index is -0.590. The molecule has 0 radical (unpaired) electrons. The van der Waals surface area contributed by atoms with E-state index in [2.05, 4.69) is 54.6 Å². The highest BCUT2D eigenvalue weighted by Crippen LogP contribution is 2.61. The van der Waals surface area contributed by atoms with Crippen LogP contribution in [0.2, 0.25) is 0 Å².